The second kappa shape index (κ2) is 9.44. The average molecular weight is 377 g/mol. The molecule has 0 saturated carbocycles. The number of carbonyl (C=O) groups is 1. The van der Waals surface area contributed by atoms with E-state index in [1.54, 1.807) is 24.3 Å². The molecule has 140 valence electrons. The lowest BCUT2D eigenvalue weighted by atomic mass is 10.1. The minimum Gasteiger partial charge on any atom is -0.383 e. The third kappa shape index (κ3) is 5.63. The Morgan fingerprint density at radius 3 is 2.58 bits per heavy atom. The molecule has 0 bridgehead atoms. The number of rotatable bonds is 9. The Hall–Kier alpha value is -2.26. The number of benzene rings is 2. The molecule has 2 rings (SSSR count). The van der Waals surface area contributed by atoms with Gasteiger partial charge in [-0.3, -0.25) is 4.79 Å². The van der Waals surface area contributed by atoms with Gasteiger partial charge in [-0.25, -0.2) is 13.1 Å². The Kier molecular flexibility index (Phi) is 7.28. The van der Waals surface area contributed by atoms with Crippen LogP contribution in [0, 0.1) is 0 Å². The van der Waals surface area contributed by atoms with E-state index in [4.69, 9.17) is 10.5 Å². The lowest BCUT2D eigenvalue weighted by Gasteiger charge is -2.13. The van der Waals surface area contributed by atoms with Crippen molar-refractivity contribution < 1.29 is 17.9 Å². The highest BCUT2D eigenvalue weighted by molar-refractivity contribution is 7.89. The summed E-state index contributed by atoms with van der Waals surface area (Å²) in [4.78, 5) is 12.3. The molecule has 0 aliphatic rings. The van der Waals surface area contributed by atoms with Gasteiger partial charge in [0.15, 0.2) is 0 Å². The quantitative estimate of drug-likeness (QED) is 0.563. The first-order chi connectivity index (χ1) is 12.4. The van der Waals surface area contributed by atoms with E-state index in [-0.39, 0.29) is 30.5 Å². The molecule has 1 amide bonds. The molecule has 1 unspecified atom stereocenters. The van der Waals surface area contributed by atoms with Crippen LogP contribution < -0.4 is 15.8 Å². The number of carbonyl (C=O) groups excluding carboxylic acids is 1. The second-order valence-corrected chi connectivity index (χ2v) is 7.41. The van der Waals surface area contributed by atoms with Crippen molar-refractivity contribution in [3.8, 4) is 0 Å². The van der Waals surface area contributed by atoms with Crippen LogP contribution in [0.25, 0.3) is 0 Å². The average Bonchev–Trinajstić information content (AvgIpc) is 2.66. The molecular formula is C18H23N3O4S. The fraction of sp³-hybridized carbons (Fsp3) is 0.278. The second-order valence-electron chi connectivity index (χ2n) is 5.64. The number of amides is 1. The van der Waals surface area contributed by atoms with E-state index in [1.165, 1.54) is 19.2 Å². The molecule has 0 fully saturated rings. The minimum absolute atomic E-state index is 0.132. The molecule has 0 aliphatic heterocycles. The predicted octanol–water partition coefficient (Wildman–Crippen LogP) is 0.928. The van der Waals surface area contributed by atoms with Crippen molar-refractivity contribution in [2.75, 3.05) is 20.3 Å². The van der Waals surface area contributed by atoms with Gasteiger partial charge in [-0.1, -0.05) is 42.5 Å². The molecule has 1 atom stereocenters. The zero-order chi connectivity index (χ0) is 19.0. The van der Waals surface area contributed by atoms with Crippen LogP contribution in [0.2, 0.25) is 0 Å². The van der Waals surface area contributed by atoms with E-state index in [0.717, 1.165) is 0 Å². The summed E-state index contributed by atoms with van der Waals surface area (Å²) in [7, 11) is -2.12. The number of methoxy groups -OCH3 is 1. The molecule has 0 aromatic heterocycles. The standard InChI is InChI=1S/C18H23N3O4S/c1-25-11-10-21-26(23,24)16-9-5-6-14(12-16)13-20-18(22)17(19)15-7-3-2-4-8-15/h2-9,12,17,21H,10-11,13,19H2,1H3,(H,20,22). The summed E-state index contributed by atoms with van der Waals surface area (Å²) < 4.78 is 31.7. The molecule has 0 heterocycles. The maximum atomic E-state index is 12.2. The summed E-state index contributed by atoms with van der Waals surface area (Å²) in [6.45, 7) is 0.652. The summed E-state index contributed by atoms with van der Waals surface area (Å²) in [6.07, 6.45) is 0. The summed E-state index contributed by atoms with van der Waals surface area (Å²) in [6, 6.07) is 14.6. The third-order valence-electron chi connectivity index (χ3n) is 3.71. The molecular weight excluding hydrogens is 354 g/mol. The van der Waals surface area contributed by atoms with Crippen LogP contribution in [-0.2, 0) is 26.1 Å². The monoisotopic (exact) mass is 377 g/mol. The van der Waals surface area contributed by atoms with E-state index in [1.807, 2.05) is 18.2 Å². The summed E-state index contributed by atoms with van der Waals surface area (Å²) >= 11 is 0. The van der Waals surface area contributed by atoms with Crippen LogP contribution in [0.5, 0.6) is 0 Å². The van der Waals surface area contributed by atoms with Crippen molar-refractivity contribution in [3.05, 3.63) is 65.7 Å². The molecule has 8 heteroatoms. The Bertz CT molecular complexity index is 825. The van der Waals surface area contributed by atoms with E-state index in [9.17, 15) is 13.2 Å². The Morgan fingerprint density at radius 2 is 1.88 bits per heavy atom. The van der Waals surface area contributed by atoms with Gasteiger partial charge >= 0.3 is 0 Å². The highest BCUT2D eigenvalue weighted by atomic mass is 32.2. The first-order valence-corrected chi connectivity index (χ1v) is 9.58. The molecule has 26 heavy (non-hydrogen) atoms. The van der Waals surface area contributed by atoms with Gasteiger partial charge in [0, 0.05) is 20.2 Å². The van der Waals surface area contributed by atoms with Crippen LogP contribution in [0.3, 0.4) is 0 Å². The van der Waals surface area contributed by atoms with Gasteiger partial charge in [0.2, 0.25) is 15.9 Å². The Balaban J connectivity index is 1.99. The number of hydrogen-bond acceptors (Lipinski definition) is 5. The highest BCUT2D eigenvalue weighted by Crippen LogP contribution is 2.13. The maximum Gasteiger partial charge on any atom is 0.241 e. The molecule has 0 spiro atoms. The summed E-state index contributed by atoms with van der Waals surface area (Å²) in [5.74, 6) is -0.331. The lowest BCUT2D eigenvalue weighted by molar-refractivity contribution is -0.122. The molecule has 0 aliphatic carbocycles. The molecule has 0 saturated heterocycles. The number of sulfonamides is 1. The van der Waals surface area contributed by atoms with E-state index in [2.05, 4.69) is 10.0 Å². The van der Waals surface area contributed by atoms with E-state index in [0.29, 0.717) is 11.1 Å². The van der Waals surface area contributed by atoms with Gasteiger partial charge in [0.05, 0.1) is 11.5 Å². The van der Waals surface area contributed by atoms with Crippen LogP contribution in [0.1, 0.15) is 17.2 Å². The van der Waals surface area contributed by atoms with Crippen molar-refractivity contribution in [2.45, 2.75) is 17.5 Å². The number of nitrogens with one attached hydrogen (secondary N) is 2. The maximum absolute atomic E-state index is 12.2. The van der Waals surface area contributed by atoms with Crippen LogP contribution in [0.15, 0.2) is 59.5 Å². The molecule has 4 N–H and O–H groups in total. The summed E-state index contributed by atoms with van der Waals surface area (Å²) in [5, 5.41) is 2.73. The molecule has 2 aromatic carbocycles. The Labute approximate surface area is 153 Å². The third-order valence-corrected chi connectivity index (χ3v) is 5.17. The lowest BCUT2D eigenvalue weighted by Crippen LogP contribution is -2.33. The molecule has 7 nitrogen and oxygen atoms in total. The zero-order valence-electron chi connectivity index (χ0n) is 14.5. The smallest absolute Gasteiger partial charge is 0.241 e. The van der Waals surface area contributed by atoms with E-state index < -0.39 is 16.1 Å². The van der Waals surface area contributed by atoms with Gasteiger partial charge in [0.1, 0.15) is 6.04 Å². The van der Waals surface area contributed by atoms with Crippen LogP contribution >= 0.6 is 0 Å². The normalized spacial score (nSPS) is 12.5. The van der Waals surface area contributed by atoms with Gasteiger partial charge in [0.25, 0.3) is 0 Å². The number of ether oxygens (including phenoxy) is 1. The topological polar surface area (TPSA) is 111 Å². The largest absolute Gasteiger partial charge is 0.383 e. The van der Waals surface area contributed by atoms with Crippen molar-refractivity contribution in [1.29, 1.82) is 0 Å². The number of hydrogen-bond donors (Lipinski definition) is 3. The number of nitrogens with two attached hydrogens (primary N) is 1. The first-order valence-electron chi connectivity index (χ1n) is 8.10. The zero-order valence-corrected chi connectivity index (χ0v) is 15.3. The van der Waals surface area contributed by atoms with Gasteiger partial charge in [-0.2, -0.15) is 0 Å². The minimum atomic E-state index is -3.62. The van der Waals surface area contributed by atoms with Crippen molar-refractivity contribution >= 4 is 15.9 Å². The predicted molar refractivity (Wildman–Crippen MR) is 98.7 cm³/mol. The fourth-order valence-corrected chi connectivity index (χ4v) is 3.38. The van der Waals surface area contributed by atoms with Crippen molar-refractivity contribution in [1.82, 2.24) is 10.0 Å². The molecule has 2 aromatic rings. The first kappa shape index (κ1) is 20.1. The SMILES string of the molecule is COCCNS(=O)(=O)c1cccc(CNC(=O)C(N)c2ccccc2)c1. The van der Waals surface area contributed by atoms with Gasteiger partial charge < -0.3 is 15.8 Å². The summed E-state index contributed by atoms with van der Waals surface area (Å²) in [5.41, 5.74) is 7.31. The van der Waals surface area contributed by atoms with Crippen LogP contribution in [0.4, 0.5) is 0 Å². The highest BCUT2D eigenvalue weighted by Gasteiger charge is 2.16. The van der Waals surface area contributed by atoms with Crippen LogP contribution in [-0.4, -0.2) is 34.6 Å². The van der Waals surface area contributed by atoms with Gasteiger partial charge in [-0.05, 0) is 23.3 Å². The van der Waals surface area contributed by atoms with Crippen molar-refractivity contribution in [2.24, 2.45) is 5.73 Å². The Morgan fingerprint density at radius 1 is 1.15 bits per heavy atom. The fourth-order valence-electron chi connectivity index (χ4n) is 2.29. The van der Waals surface area contributed by atoms with Gasteiger partial charge in [-0.15, -0.1) is 0 Å². The molecule has 0 radical (unpaired) electrons. The van der Waals surface area contributed by atoms with Crippen molar-refractivity contribution in [3.63, 3.8) is 0 Å². The van der Waals surface area contributed by atoms with E-state index >= 15 is 0 Å².